The molecule has 20 heavy (non-hydrogen) atoms. The second-order valence-electron chi connectivity index (χ2n) is 5.27. The average Bonchev–Trinajstić information content (AvgIpc) is 2.34. The van der Waals surface area contributed by atoms with Gasteiger partial charge in [0.15, 0.2) is 0 Å². The summed E-state index contributed by atoms with van der Waals surface area (Å²) in [5.41, 5.74) is 0. The highest BCUT2D eigenvalue weighted by Crippen LogP contribution is 2.23. The van der Waals surface area contributed by atoms with Gasteiger partial charge in [0.1, 0.15) is 6.61 Å². The molecule has 0 radical (unpaired) electrons. The first-order valence-electron chi connectivity index (χ1n) is 6.78. The van der Waals surface area contributed by atoms with Gasteiger partial charge in [0.25, 0.3) is 6.43 Å². The highest BCUT2D eigenvalue weighted by Gasteiger charge is 2.27. The van der Waals surface area contributed by atoms with E-state index in [-0.39, 0.29) is 12.5 Å². The summed E-state index contributed by atoms with van der Waals surface area (Å²) in [6.07, 6.45) is 0.481. The van der Waals surface area contributed by atoms with Crippen LogP contribution in [0.4, 0.5) is 8.78 Å². The molecule has 0 saturated carbocycles. The van der Waals surface area contributed by atoms with E-state index >= 15 is 0 Å². The van der Waals surface area contributed by atoms with Crippen molar-refractivity contribution in [1.82, 2.24) is 4.31 Å². The van der Waals surface area contributed by atoms with Crippen molar-refractivity contribution in [3.05, 3.63) is 0 Å². The molecule has 120 valence electrons. The second kappa shape index (κ2) is 8.21. The van der Waals surface area contributed by atoms with Gasteiger partial charge in [-0.3, -0.25) is 0 Å². The van der Waals surface area contributed by atoms with Crippen LogP contribution in [0.1, 0.15) is 25.7 Å². The number of ether oxygens (including phenoxy) is 1. The van der Waals surface area contributed by atoms with Gasteiger partial charge in [0, 0.05) is 19.7 Å². The molecule has 0 aromatic rings. The third kappa shape index (κ3) is 6.92. The van der Waals surface area contributed by atoms with Crippen LogP contribution >= 0.6 is 0 Å². The van der Waals surface area contributed by atoms with E-state index in [0.717, 1.165) is 12.8 Å². The number of sulfonamides is 1. The van der Waals surface area contributed by atoms with Gasteiger partial charge in [0.2, 0.25) is 10.0 Å². The molecule has 1 aliphatic heterocycles. The third-order valence-corrected chi connectivity index (χ3v) is 4.67. The molecule has 1 N–H and O–H groups in total. The molecule has 0 amide bonds. The number of rotatable bonds is 8. The van der Waals surface area contributed by atoms with Crippen molar-refractivity contribution in [2.75, 3.05) is 32.6 Å². The molecule has 1 heterocycles. The lowest BCUT2D eigenvalue weighted by Gasteiger charge is -2.32. The first-order chi connectivity index (χ1) is 9.29. The van der Waals surface area contributed by atoms with Crippen molar-refractivity contribution in [2.45, 2.75) is 38.2 Å². The van der Waals surface area contributed by atoms with Crippen molar-refractivity contribution in [1.29, 1.82) is 0 Å². The highest BCUT2D eigenvalue weighted by atomic mass is 32.2. The van der Waals surface area contributed by atoms with Crippen molar-refractivity contribution in [3.63, 3.8) is 0 Å². The number of piperidine rings is 1. The number of hydrogen-bond donors (Lipinski definition) is 1. The molecule has 0 aliphatic carbocycles. The standard InChI is InChI=1S/C12H23F2NO4S/c1-20(17,18)15-5-2-3-10(8-15)7-11(16)4-6-19-9-12(13)14/h10-12,16H,2-9H2,1H3. The summed E-state index contributed by atoms with van der Waals surface area (Å²) in [5, 5.41) is 9.82. The molecule has 8 heteroatoms. The average molecular weight is 315 g/mol. The lowest BCUT2D eigenvalue weighted by atomic mass is 9.92. The summed E-state index contributed by atoms with van der Waals surface area (Å²) in [7, 11) is -3.18. The molecule has 0 bridgehead atoms. The summed E-state index contributed by atoms with van der Waals surface area (Å²) in [4.78, 5) is 0. The van der Waals surface area contributed by atoms with E-state index in [4.69, 9.17) is 4.74 Å². The van der Waals surface area contributed by atoms with Crippen LogP contribution < -0.4 is 0 Å². The first-order valence-corrected chi connectivity index (χ1v) is 8.63. The Morgan fingerprint density at radius 2 is 2.15 bits per heavy atom. The first kappa shape index (κ1) is 17.7. The minimum atomic E-state index is -3.18. The fourth-order valence-corrected chi connectivity index (χ4v) is 3.36. The normalized spacial score (nSPS) is 23.1. The topological polar surface area (TPSA) is 66.8 Å². The Bertz CT molecular complexity index is 378. The van der Waals surface area contributed by atoms with E-state index in [1.807, 2.05) is 0 Å². The van der Waals surface area contributed by atoms with E-state index in [1.165, 1.54) is 10.6 Å². The zero-order valence-electron chi connectivity index (χ0n) is 11.7. The smallest absolute Gasteiger partial charge is 0.261 e. The minimum Gasteiger partial charge on any atom is -0.393 e. The Hall–Kier alpha value is -0.310. The maximum Gasteiger partial charge on any atom is 0.261 e. The van der Waals surface area contributed by atoms with Gasteiger partial charge in [-0.1, -0.05) is 0 Å². The lowest BCUT2D eigenvalue weighted by Crippen LogP contribution is -2.40. The number of nitrogens with zero attached hydrogens (tertiary/aromatic N) is 1. The largest absolute Gasteiger partial charge is 0.393 e. The second-order valence-corrected chi connectivity index (χ2v) is 7.26. The SMILES string of the molecule is CS(=O)(=O)N1CCCC(CC(O)CCOCC(F)F)C1. The van der Waals surface area contributed by atoms with Gasteiger partial charge in [-0.15, -0.1) is 0 Å². The molecule has 5 nitrogen and oxygen atoms in total. The van der Waals surface area contributed by atoms with Crippen LogP contribution in [0.25, 0.3) is 0 Å². The van der Waals surface area contributed by atoms with Gasteiger partial charge in [-0.2, -0.15) is 0 Å². The third-order valence-electron chi connectivity index (χ3n) is 3.40. The van der Waals surface area contributed by atoms with E-state index in [2.05, 4.69) is 0 Å². The molecular weight excluding hydrogens is 292 g/mol. The molecule has 2 unspecified atom stereocenters. The molecule has 1 fully saturated rings. The number of alkyl halides is 2. The monoisotopic (exact) mass is 315 g/mol. The molecule has 2 atom stereocenters. The molecule has 0 spiro atoms. The number of halogens is 2. The fraction of sp³-hybridized carbons (Fsp3) is 1.00. The Morgan fingerprint density at radius 1 is 1.45 bits per heavy atom. The molecule has 1 saturated heterocycles. The Morgan fingerprint density at radius 3 is 2.75 bits per heavy atom. The van der Waals surface area contributed by atoms with Crippen LogP contribution in [0.15, 0.2) is 0 Å². The zero-order chi connectivity index (χ0) is 15.2. The van der Waals surface area contributed by atoms with Crippen LogP contribution in [0, 0.1) is 5.92 Å². The summed E-state index contributed by atoms with van der Waals surface area (Å²) in [6.45, 7) is 0.433. The molecule has 0 aromatic heterocycles. The van der Waals surface area contributed by atoms with E-state index < -0.39 is 29.2 Å². The lowest BCUT2D eigenvalue weighted by molar-refractivity contribution is 0.00155. The van der Waals surface area contributed by atoms with Gasteiger partial charge < -0.3 is 9.84 Å². The van der Waals surface area contributed by atoms with Gasteiger partial charge in [-0.25, -0.2) is 21.5 Å². The van der Waals surface area contributed by atoms with Crippen molar-refractivity contribution >= 4 is 10.0 Å². The van der Waals surface area contributed by atoms with Crippen LogP contribution in [0.3, 0.4) is 0 Å². The van der Waals surface area contributed by atoms with Crippen molar-refractivity contribution in [3.8, 4) is 0 Å². The predicted octanol–water partition coefficient (Wildman–Crippen LogP) is 1.08. The van der Waals surface area contributed by atoms with Gasteiger partial charge in [-0.05, 0) is 31.6 Å². The van der Waals surface area contributed by atoms with Crippen LogP contribution in [0.5, 0.6) is 0 Å². The number of hydrogen-bond acceptors (Lipinski definition) is 4. The van der Waals surface area contributed by atoms with Crippen molar-refractivity contribution in [2.24, 2.45) is 5.92 Å². The fourth-order valence-electron chi connectivity index (χ4n) is 2.41. The van der Waals surface area contributed by atoms with Crippen molar-refractivity contribution < 1.29 is 27.0 Å². The maximum atomic E-state index is 11.8. The molecule has 1 rings (SSSR count). The number of aliphatic hydroxyl groups is 1. The predicted molar refractivity (Wildman–Crippen MR) is 71.2 cm³/mol. The number of aliphatic hydroxyl groups excluding tert-OH is 1. The summed E-state index contributed by atoms with van der Waals surface area (Å²) >= 11 is 0. The Kier molecular flexibility index (Phi) is 7.28. The summed E-state index contributed by atoms with van der Waals surface area (Å²) in [6, 6.07) is 0. The quantitative estimate of drug-likeness (QED) is 0.681. The van der Waals surface area contributed by atoms with Crippen LogP contribution in [0.2, 0.25) is 0 Å². The summed E-state index contributed by atoms with van der Waals surface area (Å²) < 4.78 is 52.7. The van der Waals surface area contributed by atoms with E-state index in [1.54, 1.807) is 0 Å². The maximum absolute atomic E-state index is 11.8. The highest BCUT2D eigenvalue weighted by molar-refractivity contribution is 7.88. The van der Waals surface area contributed by atoms with Crippen LogP contribution in [-0.2, 0) is 14.8 Å². The zero-order valence-corrected chi connectivity index (χ0v) is 12.5. The van der Waals surface area contributed by atoms with Gasteiger partial charge in [0.05, 0.1) is 12.4 Å². The summed E-state index contributed by atoms with van der Waals surface area (Å²) in [5.74, 6) is 0.114. The van der Waals surface area contributed by atoms with E-state index in [0.29, 0.717) is 25.9 Å². The van der Waals surface area contributed by atoms with E-state index in [9.17, 15) is 22.3 Å². The molecular formula is C12H23F2NO4S. The Balaban J connectivity index is 2.26. The minimum absolute atomic E-state index is 0.0913. The van der Waals surface area contributed by atoms with Crippen LogP contribution in [-0.4, -0.2) is 62.9 Å². The van der Waals surface area contributed by atoms with Gasteiger partial charge >= 0.3 is 0 Å². The Labute approximate surface area is 119 Å². The molecule has 0 aromatic carbocycles. The molecule has 1 aliphatic rings.